The van der Waals surface area contributed by atoms with Gasteiger partial charge in [0.1, 0.15) is 11.8 Å². The molecule has 1 heterocycles. The summed E-state index contributed by atoms with van der Waals surface area (Å²) in [6, 6.07) is 6.46. The average molecular weight is 359 g/mol. The third-order valence-corrected chi connectivity index (χ3v) is 3.36. The second kappa shape index (κ2) is 10.1. The van der Waals surface area contributed by atoms with Crippen molar-refractivity contribution in [3.05, 3.63) is 24.3 Å². The molecule has 134 valence electrons. The summed E-state index contributed by atoms with van der Waals surface area (Å²) in [5, 5.41) is 5.95. The van der Waals surface area contributed by atoms with E-state index in [0.717, 1.165) is 0 Å². The van der Waals surface area contributed by atoms with Crippen molar-refractivity contribution in [3.63, 3.8) is 0 Å². The van der Waals surface area contributed by atoms with Gasteiger partial charge in [-0.2, -0.15) is 0 Å². The monoisotopic (exact) mass is 358 g/mol. The second-order valence-corrected chi connectivity index (χ2v) is 5.12. The van der Waals surface area contributed by atoms with Crippen molar-refractivity contribution >= 4 is 30.0 Å². The van der Waals surface area contributed by atoms with Gasteiger partial charge in [-0.15, -0.1) is 12.4 Å². The van der Waals surface area contributed by atoms with Crippen molar-refractivity contribution in [3.8, 4) is 5.75 Å². The molecule has 0 aromatic heterocycles. The first-order chi connectivity index (χ1) is 11.1. The molecule has 0 spiro atoms. The molecule has 0 radical (unpaired) electrons. The minimum atomic E-state index is -0.431. The van der Waals surface area contributed by atoms with Gasteiger partial charge in [-0.3, -0.25) is 4.79 Å². The fraction of sp³-hybridized carbons (Fsp3) is 0.500. The average Bonchev–Trinajstić information content (AvgIpc) is 2.54. The standard InChI is InChI=1S/C16H22N2O5.ClH/c1-3-21-14(19)10-23-13-6-4-5-12(9-13)18-16(20)15-11(2)22-8-7-17-15;/h4-6,9,11,15,17H,3,7-8,10H2,1-2H3,(H,18,20);1H/t11-,15+;/m1./s1. The largest absolute Gasteiger partial charge is 0.482 e. The Morgan fingerprint density at radius 2 is 2.21 bits per heavy atom. The number of rotatable bonds is 6. The van der Waals surface area contributed by atoms with Gasteiger partial charge < -0.3 is 24.8 Å². The fourth-order valence-corrected chi connectivity index (χ4v) is 2.26. The fourth-order valence-electron chi connectivity index (χ4n) is 2.26. The van der Waals surface area contributed by atoms with Crippen LogP contribution >= 0.6 is 12.4 Å². The molecule has 24 heavy (non-hydrogen) atoms. The van der Waals surface area contributed by atoms with E-state index >= 15 is 0 Å². The Labute approximate surface area is 147 Å². The zero-order chi connectivity index (χ0) is 16.7. The van der Waals surface area contributed by atoms with Gasteiger partial charge in [0, 0.05) is 18.3 Å². The normalized spacial score (nSPS) is 19.8. The maximum Gasteiger partial charge on any atom is 0.344 e. The second-order valence-electron chi connectivity index (χ2n) is 5.12. The minimum absolute atomic E-state index is 0. The number of hydrogen-bond donors (Lipinski definition) is 2. The molecule has 0 bridgehead atoms. The third kappa shape index (κ3) is 5.99. The van der Waals surface area contributed by atoms with Gasteiger partial charge in [0.2, 0.25) is 5.91 Å². The number of esters is 1. The Kier molecular flexibility index (Phi) is 8.53. The molecule has 0 aliphatic carbocycles. The summed E-state index contributed by atoms with van der Waals surface area (Å²) in [5.74, 6) is -0.115. The Morgan fingerprint density at radius 1 is 1.42 bits per heavy atom. The molecule has 0 saturated carbocycles. The molecule has 0 unspecified atom stereocenters. The molecular formula is C16H23ClN2O5. The lowest BCUT2D eigenvalue weighted by molar-refractivity contribution is -0.145. The van der Waals surface area contributed by atoms with E-state index in [0.29, 0.717) is 31.2 Å². The van der Waals surface area contributed by atoms with Crippen molar-refractivity contribution < 1.29 is 23.8 Å². The van der Waals surface area contributed by atoms with Crippen LogP contribution in [0.3, 0.4) is 0 Å². The number of benzene rings is 1. The van der Waals surface area contributed by atoms with Crippen molar-refractivity contribution in [2.24, 2.45) is 0 Å². The first kappa shape index (κ1) is 20.2. The highest BCUT2D eigenvalue weighted by Crippen LogP contribution is 2.18. The number of carbonyl (C=O) groups excluding carboxylic acids is 2. The first-order valence-corrected chi connectivity index (χ1v) is 7.64. The van der Waals surface area contributed by atoms with E-state index in [2.05, 4.69) is 10.6 Å². The lowest BCUT2D eigenvalue weighted by atomic mass is 10.1. The van der Waals surface area contributed by atoms with E-state index in [1.165, 1.54) is 0 Å². The van der Waals surface area contributed by atoms with E-state index in [1.54, 1.807) is 31.2 Å². The van der Waals surface area contributed by atoms with Gasteiger partial charge in [-0.1, -0.05) is 6.07 Å². The summed E-state index contributed by atoms with van der Waals surface area (Å²) >= 11 is 0. The maximum atomic E-state index is 12.3. The zero-order valence-corrected chi connectivity index (χ0v) is 14.6. The van der Waals surface area contributed by atoms with Gasteiger partial charge in [-0.25, -0.2) is 4.79 Å². The maximum absolute atomic E-state index is 12.3. The Bertz CT molecular complexity index is 555. The minimum Gasteiger partial charge on any atom is -0.482 e. The van der Waals surface area contributed by atoms with Crippen LogP contribution in [0.2, 0.25) is 0 Å². The molecule has 2 rings (SSSR count). The van der Waals surface area contributed by atoms with Crippen LogP contribution in [0.5, 0.6) is 5.75 Å². The van der Waals surface area contributed by atoms with Gasteiger partial charge in [0.15, 0.2) is 6.61 Å². The predicted octanol–water partition coefficient (Wildman–Crippen LogP) is 1.37. The molecule has 2 atom stereocenters. The molecule has 1 saturated heterocycles. The summed E-state index contributed by atoms with van der Waals surface area (Å²) in [5.41, 5.74) is 0.593. The molecule has 1 aliphatic rings. The van der Waals surface area contributed by atoms with Crippen LogP contribution in [-0.2, 0) is 19.1 Å². The molecule has 7 nitrogen and oxygen atoms in total. The highest BCUT2D eigenvalue weighted by atomic mass is 35.5. The van der Waals surface area contributed by atoms with Gasteiger partial charge >= 0.3 is 5.97 Å². The van der Waals surface area contributed by atoms with Crippen LogP contribution in [0.25, 0.3) is 0 Å². The summed E-state index contributed by atoms with van der Waals surface area (Å²) in [6.07, 6.45) is -0.188. The summed E-state index contributed by atoms with van der Waals surface area (Å²) in [4.78, 5) is 23.6. The molecule has 1 amide bonds. The number of halogens is 1. The number of ether oxygens (including phenoxy) is 3. The van der Waals surface area contributed by atoms with Gasteiger partial charge in [0.05, 0.1) is 19.3 Å². The Balaban J connectivity index is 0.00000288. The van der Waals surface area contributed by atoms with Gasteiger partial charge in [0.25, 0.3) is 0 Å². The number of anilines is 1. The van der Waals surface area contributed by atoms with Crippen molar-refractivity contribution in [1.29, 1.82) is 0 Å². The van der Waals surface area contributed by atoms with Crippen molar-refractivity contribution in [1.82, 2.24) is 5.32 Å². The third-order valence-electron chi connectivity index (χ3n) is 3.36. The Morgan fingerprint density at radius 3 is 2.92 bits per heavy atom. The van der Waals surface area contributed by atoms with Crippen molar-refractivity contribution in [2.75, 3.05) is 31.7 Å². The molecule has 2 N–H and O–H groups in total. The summed E-state index contributed by atoms with van der Waals surface area (Å²) in [7, 11) is 0. The van der Waals surface area contributed by atoms with E-state index in [1.807, 2.05) is 6.92 Å². The molecule has 1 fully saturated rings. The van der Waals surface area contributed by atoms with Crippen molar-refractivity contribution in [2.45, 2.75) is 26.0 Å². The van der Waals surface area contributed by atoms with E-state index in [9.17, 15) is 9.59 Å². The smallest absolute Gasteiger partial charge is 0.344 e. The number of carbonyl (C=O) groups is 2. The summed E-state index contributed by atoms with van der Waals surface area (Å²) < 4.78 is 15.6. The lowest BCUT2D eigenvalue weighted by Crippen LogP contribution is -2.53. The molecule has 1 aromatic carbocycles. The van der Waals surface area contributed by atoms with E-state index in [-0.39, 0.29) is 31.0 Å². The number of amides is 1. The molecule has 1 aliphatic heterocycles. The number of morpholine rings is 1. The number of nitrogens with one attached hydrogen (secondary N) is 2. The van der Waals surface area contributed by atoms with Crippen LogP contribution in [-0.4, -0.2) is 50.4 Å². The van der Waals surface area contributed by atoms with Crippen LogP contribution in [0, 0.1) is 0 Å². The topological polar surface area (TPSA) is 85.9 Å². The lowest BCUT2D eigenvalue weighted by Gasteiger charge is -2.29. The highest BCUT2D eigenvalue weighted by molar-refractivity contribution is 5.95. The molecular weight excluding hydrogens is 336 g/mol. The predicted molar refractivity (Wildman–Crippen MR) is 91.7 cm³/mol. The quantitative estimate of drug-likeness (QED) is 0.747. The van der Waals surface area contributed by atoms with Crippen LogP contribution in [0.1, 0.15) is 13.8 Å². The zero-order valence-electron chi connectivity index (χ0n) is 13.7. The highest BCUT2D eigenvalue weighted by Gasteiger charge is 2.28. The van der Waals surface area contributed by atoms with E-state index in [4.69, 9.17) is 14.2 Å². The SMILES string of the molecule is CCOC(=O)COc1cccc(NC(=O)[C@H]2NCCO[C@@H]2C)c1.Cl. The van der Waals surface area contributed by atoms with Crippen LogP contribution < -0.4 is 15.4 Å². The number of hydrogen-bond acceptors (Lipinski definition) is 6. The molecule has 1 aromatic rings. The first-order valence-electron chi connectivity index (χ1n) is 7.64. The van der Waals surface area contributed by atoms with E-state index < -0.39 is 12.0 Å². The van der Waals surface area contributed by atoms with Crippen LogP contribution in [0.15, 0.2) is 24.3 Å². The van der Waals surface area contributed by atoms with Crippen LogP contribution in [0.4, 0.5) is 5.69 Å². The summed E-state index contributed by atoms with van der Waals surface area (Å²) in [6.45, 7) is 4.98. The Hall–Kier alpha value is -1.83. The van der Waals surface area contributed by atoms with Gasteiger partial charge in [-0.05, 0) is 26.0 Å². The molecule has 8 heteroatoms.